The number of hydrogen-bond donors (Lipinski definition) is 3. The van der Waals surface area contributed by atoms with Gasteiger partial charge in [0.25, 0.3) is 5.56 Å². The van der Waals surface area contributed by atoms with E-state index in [0.29, 0.717) is 49.8 Å². The number of rotatable bonds is 9. The quantitative estimate of drug-likeness (QED) is 0.459. The molecular formula is C23H33N7O4. The standard InChI is InChI=1S/C23H33N7O4/c1-17-13-19(22(32)30(18(17)2)23(27-16-31)3-9-33-10-4-23)28-21-14-20(25-15-26-21)24-5-6-29-7-11-34-12-8-29/h13-16H,3-12H2,1-2H3,(H,27,31)(H2,24,25,26,28). The van der Waals surface area contributed by atoms with E-state index in [2.05, 4.69) is 30.8 Å². The molecule has 2 aliphatic rings. The van der Waals surface area contributed by atoms with Gasteiger partial charge in [0.05, 0.1) is 26.4 Å². The summed E-state index contributed by atoms with van der Waals surface area (Å²) >= 11 is 0. The van der Waals surface area contributed by atoms with Crippen LogP contribution in [0.2, 0.25) is 0 Å². The molecule has 0 aliphatic carbocycles. The van der Waals surface area contributed by atoms with Crippen LogP contribution < -0.4 is 21.5 Å². The molecule has 0 spiro atoms. The third kappa shape index (κ3) is 5.37. The number of pyridine rings is 1. The fraction of sp³-hybridized carbons (Fsp3) is 0.565. The van der Waals surface area contributed by atoms with Gasteiger partial charge in [-0.3, -0.25) is 19.1 Å². The molecular weight excluding hydrogens is 438 g/mol. The average molecular weight is 472 g/mol. The van der Waals surface area contributed by atoms with Gasteiger partial charge >= 0.3 is 0 Å². The lowest BCUT2D eigenvalue weighted by Crippen LogP contribution is -2.55. The molecule has 0 atom stereocenters. The predicted molar refractivity (Wildman–Crippen MR) is 128 cm³/mol. The molecule has 0 saturated carbocycles. The zero-order chi connectivity index (χ0) is 24.0. The lowest BCUT2D eigenvalue weighted by Gasteiger charge is -2.40. The molecule has 1 amide bonds. The van der Waals surface area contributed by atoms with Crippen LogP contribution in [-0.4, -0.2) is 78.5 Å². The number of aryl methyl sites for hydroxylation is 1. The van der Waals surface area contributed by atoms with Crippen molar-refractivity contribution >= 4 is 23.7 Å². The number of amides is 1. The van der Waals surface area contributed by atoms with Gasteiger partial charge in [-0.2, -0.15) is 0 Å². The largest absolute Gasteiger partial charge is 0.381 e. The molecule has 2 saturated heterocycles. The van der Waals surface area contributed by atoms with Crippen LogP contribution in [-0.2, 0) is 19.9 Å². The molecule has 0 aromatic carbocycles. The smallest absolute Gasteiger partial charge is 0.276 e. The van der Waals surface area contributed by atoms with Crippen LogP contribution in [0.4, 0.5) is 17.3 Å². The highest BCUT2D eigenvalue weighted by Crippen LogP contribution is 2.28. The molecule has 34 heavy (non-hydrogen) atoms. The molecule has 11 heteroatoms. The molecule has 184 valence electrons. The third-order valence-corrected chi connectivity index (χ3v) is 6.54. The number of nitrogens with zero attached hydrogens (tertiary/aromatic N) is 4. The Hall–Kier alpha value is -3.02. The topological polar surface area (TPSA) is 123 Å². The van der Waals surface area contributed by atoms with Gasteiger partial charge in [0.15, 0.2) is 0 Å². The molecule has 11 nitrogen and oxygen atoms in total. The first kappa shape index (κ1) is 24.1. The van der Waals surface area contributed by atoms with E-state index in [9.17, 15) is 9.59 Å². The summed E-state index contributed by atoms with van der Waals surface area (Å²) in [6, 6.07) is 3.60. The number of carbonyl (C=O) groups excluding carboxylic acids is 1. The van der Waals surface area contributed by atoms with E-state index in [1.54, 1.807) is 10.6 Å². The second-order valence-electron chi connectivity index (χ2n) is 8.67. The van der Waals surface area contributed by atoms with Gasteiger partial charge in [0, 0.05) is 50.8 Å². The average Bonchev–Trinajstić information content (AvgIpc) is 2.84. The lowest BCUT2D eigenvalue weighted by molar-refractivity contribution is -0.114. The van der Waals surface area contributed by atoms with E-state index < -0.39 is 5.66 Å². The zero-order valence-corrected chi connectivity index (χ0v) is 19.8. The Morgan fingerprint density at radius 3 is 2.50 bits per heavy atom. The molecule has 2 aromatic heterocycles. The first-order valence-electron chi connectivity index (χ1n) is 11.7. The van der Waals surface area contributed by atoms with Crippen molar-refractivity contribution in [2.24, 2.45) is 0 Å². The van der Waals surface area contributed by atoms with Crippen LogP contribution in [0.1, 0.15) is 24.1 Å². The van der Waals surface area contributed by atoms with Crippen LogP contribution in [0, 0.1) is 13.8 Å². The Kier molecular flexibility index (Phi) is 7.76. The number of nitrogens with one attached hydrogen (secondary N) is 3. The second-order valence-corrected chi connectivity index (χ2v) is 8.67. The number of aromatic nitrogens is 3. The van der Waals surface area contributed by atoms with E-state index in [-0.39, 0.29) is 5.56 Å². The normalized spacial score (nSPS) is 18.3. The van der Waals surface area contributed by atoms with Crippen molar-refractivity contribution in [1.29, 1.82) is 0 Å². The fourth-order valence-corrected chi connectivity index (χ4v) is 4.52. The van der Waals surface area contributed by atoms with Crippen LogP contribution in [0.5, 0.6) is 0 Å². The van der Waals surface area contributed by atoms with Gasteiger partial charge in [-0.1, -0.05) is 0 Å². The first-order valence-corrected chi connectivity index (χ1v) is 11.7. The highest BCUT2D eigenvalue weighted by molar-refractivity contribution is 5.59. The van der Waals surface area contributed by atoms with E-state index in [0.717, 1.165) is 50.7 Å². The van der Waals surface area contributed by atoms with Crippen molar-refractivity contribution in [1.82, 2.24) is 24.8 Å². The molecule has 2 aliphatic heterocycles. The summed E-state index contributed by atoms with van der Waals surface area (Å²) in [4.78, 5) is 36.0. The number of hydrogen-bond acceptors (Lipinski definition) is 9. The number of anilines is 3. The molecule has 3 N–H and O–H groups in total. The van der Waals surface area contributed by atoms with Gasteiger partial charge in [0.1, 0.15) is 29.3 Å². The monoisotopic (exact) mass is 471 g/mol. The summed E-state index contributed by atoms with van der Waals surface area (Å²) in [6.45, 7) is 9.83. The fourth-order valence-electron chi connectivity index (χ4n) is 4.52. The predicted octanol–water partition coefficient (Wildman–Crippen LogP) is 0.952. The maximum Gasteiger partial charge on any atom is 0.276 e. The lowest BCUT2D eigenvalue weighted by atomic mass is 9.98. The van der Waals surface area contributed by atoms with Gasteiger partial charge in [-0.15, -0.1) is 0 Å². The molecule has 0 radical (unpaired) electrons. The molecule has 4 heterocycles. The van der Waals surface area contributed by atoms with Crippen LogP contribution in [0.25, 0.3) is 0 Å². The van der Waals surface area contributed by atoms with Gasteiger partial charge < -0.3 is 25.4 Å². The Morgan fingerprint density at radius 1 is 1.06 bits per heavy atom. The van der Waals surface area contributed by atoms with Crippen LogP contribution in [0.15, 0.2) is 23.3 Å². The molecule has 2 fully saturated rings. The number of ether oxygens (including phenoxy) is 2. The number of morpholine rings is 1. The Balaban J connectivity index is 1.53. The summed E-state index contributed by atoms with van der Waals surface area (Å²) in [7, 11) is 0. The van der Waals surface area contributed by atoms with Crippen molar-refractivity contribution in [2.75, 3.05) is 63.2 Å². The van der Waals surface area contributed by atoms with Crippen LogP contribution >= 0.6 is 0 Å². The third-order valence-electron chi connectivity index (χ3n) is 6.54. The van der Waals surface area contributed by atoms with E-state index in [4.69, 9.17) is 9.47 Å². The number of carbonyl (C=O) groups is 1. The molecule has 4 rings (SSSR count). The summed E-state index contributed by atoms with van der Waals surface area (Å²) in [5.74, 6) is 1.19. The van der Waals surface area contributed by atoms with Gasteiger partial charge in [-0.05, 0) is 25.5 Å². The van der Waals surface area contributed by atoms with Gasteiger partial charge in [-0.25, -0.2) is 9.97 Å². The Labute approximate surface area is 198 Å². The van der Waals surface area contributed by atoms with Gasteiger partial charge in [0.2, 0.25) is 6.41 Å². The highest BCUT2D eigenvalue weighted by Gasteiger charge is 2.36. The SMILES string of the molecule is Cc1cc(Nc2cc(NCCN3CCOCC3)ncn2)c(=O)n(C2(NC=O)CCOCC2)c1C. The molecule has 2 aromatic rings. The summed E-state index contributed by atoms with van der Waals surface area (Å²) in [5.41, 5.74) is 1.08. The zero-order valence-electron chi connectivity index (χ0n) is 19.8. The summed E-state index contributed by atoms with van der Waals surface area (Å²) < 4.78 is 12.6. The van der Waals surface area contributed by atoms with Crippen molar-refractivity contribution in [3.8, 4) is 0 Å². The van der Waals surface area contributed by atoms with Crippen molar-refractivity contribution < 1.29 is 14.3 Å². The van der Waals surface area contributed by atoms with E-state index in [1.165, 1.54) is 6.33 Å². The first-order chi connectivity index (χ1) is 16.5. The molecule has 0 bridgehead atoms. The van der Waals surface area contributed by atoms with Crippen molar-refractivity contribution in [2.45, 2.75) is 32.4 Å². The molecule has 0 unspecified atom stereocenters. The Morgan fingerprint density at radius 2 is 1.76 bits per heavy atom. The van der Waals surface area contributed by atoms with Crippen LogP contribution in [0.3, 0.4) is 0 Å². The maximum atomic E-state index is 13.6. The summed E-state index contributed by atoms with van der Waals surface area (Å²) in [6.07, 6.45) is 3.15. The van der Waals surface area contributed by atoms with E-state index >= 15 is 0 Å². The maximum absolute atomic E-state index is 13.6. The van der Waals surface area contributed by atoms with E-state index in [1.807, 2.05) is 19.9 Å². The Bertz CT molecular complexity index is 1050. The van der Waals surface area contributed by atoms with Crippen molar-refractivity contribution in [3.63, 3.8) is 0 Å². The minimum atomic E-state index is -0.818. The second kappa shape index (κ2) is 10.9. The van der Waals surface area contributed by atoms with Crippen molar-refractivity contribution in [3.05, 3.63) is 40.1 Å². The minimum absolute atomic E-state index is 0.222. The minimum Gasteiger partial charge on any atom is -0.381 e. The highest BCUT2D eigenvalue weighted by atomic mass is 16.5. The summed E-state index contributed by atoms with van der Waals surface area (Å²) in [5, 5.41) is 9.38.